The van der Waals surface area contributed by atoms with Gasteiger partial charge in [-0.1, -0.05) is 42.5 Å². The summed E-state index contributed by atoms with van der Waals surface area (Å²) in [7, 11) is 5.60. The molecular formula is C39H56N4O8. The molecule has 1 saturated carbocycles. The lowest BCUT2D eigenvalue weighted by molar-refractivity contribution is -0.143. The van der Waals surface area contributed by atoms with E-state index in [2.05, 4.69) is 66.0 Å². The van der Waals surface area contributed by atoms with Gasteiger partial charge in [-0.2, -0.15) is 0 Å². The number of likely N-dealkylation sites (tertiary alicyclic amines) is 1. The minimum Gasteiger partial charge on any atom is -0.488 e. The van der Waals surface area contributed by atoms with Crippen LogP contribution < -0.4 is 15.4 Å². The first-order chi connectivity index (χ1) is 24.2. The molecule has 1 aliphatic carbocycles. The molecular weight excluding hydrogens is 652 g/mol. The summed E-state index contributed by atoms with van der Waals surface area (Å²) in [6.45, 7) is 5.54. The number of carbonyl (C=O) groups is 4. The molecule has 1 saturated heterocycles. The molecule has 4 rings (SSSR count). The van der Waals surface area contributed by atoms with E-state index in [9.17, 15) is 24.3 Å². The van der Waals surface area contributed by atoms with Gasteiger partial charge in [-0.05, 0) is 115 Å². The number of alkyl carbamates (subject to hydrolysis) is 1. The number of nitrogens with one attached hydrogen (secondary N) is 2. The van der Waals surface area contributed by atoms with Gasteiger partial charge < -0.3 is 30.0 Å². The maximum atomic E-state index is 13.1. The van der Waals surface area contributed by atoms with Gasteiger partial charge >= 0.3 is 18.2 Å². The van der Waals surface area contributed by atoms with Gasteiger partial charge in [0.05, 0.1) is 13.7 Å². The molecule has 0 unspecified atom stereocenters. The number of nitrogens with zero attached hydrogens (tertiary/aromatic N) is 2. The van der Waals surface area contributed by atoms with Crippen LogP contribution in [0.2, 0.25) is 0 Å². The highest BCUT2D eigenvalue weighted by Crippen LogP contribution is 2.44. The van der Waals surface area contributed by atoms with Crippen molar-refractivity contribution in [3.05, 3.63) is 65.7 Å². The molecule has 0 radical (unpaired) electrons. The maximum absolute atomic E-state index is 13.1. The van der Waals surface area contributed by atoms with Crippen LogP contribution >= 0.6 is 0 Å². The van der Waals surface area contributed by atoms with Gasteiger partial charge in [0.2, 0.25) is 5.91 Å². The Morgan fingerprint density at radius 1 is 1.02 bits per heavy atom. The third-order valence-corrected chi connectivity index (χ3v) is 10.0. The van der Waals surface area contributed by atoms with Crippen LogP contribution in [0, 0.1) is 5.92 Å². The molecule has 51 heavy (non-hydrogen) atoms. The van der Waals surface area contributed by atoms with E-state index in [4.69, 9.17) is 14.2 Å². The summed E-state index contributed by atoms with van der Waals surface area (Å²) in [6, 6.07) is 17.0. The highest BCUT2D eigenvalue weighted by molar-refractivity contribution is 5.86. The largest absolute Gasteiger partial charge is 0.488 e. The number of methoxy groups -OCH3 is 1. The minimum atomic E-state index is -1.18. The molecule has 0 spiro atoms. The summed E-state index contributed by atoms with van der Waals surface area (Å²) >= 11 is 0. The fourth-order valence-corrected chi connectivity index (χ4v) is 7.36. The molecule has 3 atom stereocenters. The number of amides is 3. The highest BCUT2D eigenvalue weighted by Gasteiger charge is 2.41. The standard InChI is InChI=1S/C39H56N4O8/c1-38(2,3)51-36(46)41-32(35(45)49-6)17-10-11-22-40-34(44)33-25-31(26-43(33)37(47)48)50-30-16-12-13-28(24-30)23-27-18-20-39(21-19-27,42(4)5)29-14-8-7-9-15-29/h7-9,12-16,24,27,31-33H,10-11,17-23,25-26H2,1-6H3,(H,40,44)(H,41,46)(H,47,48)/t27?,31-,32-,33-,39?/m0/s1. The lowest BCUT2D eigenvalue weighted by atomic mass is 9.70. The van der Waals surface area contributed by atoms with Crippen LogP contribution in [0.1, 0.15) is 83.3 Å². The molecule has 2 aromatic carbocycles. The van der Waals surface area contributed by atoms with E-state index in [1.165, 1.54) is 18.2 Å². The van der Waals surface area contributed by atoms with Crippen molar-refractivity contribution in [1.82, 2.24) is 20.4 Å². The van der Waals surface area contributed by atoms with E-state index in [-0.39, 0.29) is 31.5 Å². The van der Waals surface area contributed by atoms with E-state index < -0.39 is 47.9 Å². The van der Waals surface area contributed by atoms with E-state index in [1.54, 1.807) is 20.8 Å². The average Bonchev–Trinajstić information content (AvgIpc) is 3.51. The van der Waals surface area contributed by atoms with Crippen molar-refractivity contribution < 1.29 is 38.5 Å². The second kappa shape index (κ2) is 17.7. The molecule has 2 aliphatic rings. The van der Waals surface area contributed by atoms with Crippen LogP contribution in [0.4, 0.5) is 9.59 Å². The van der Waals surface area contributed by atoms with Gasteiger partial charge in [0.15, 0.2) is 0 Å². The third kappa shape index (κ3) is 11.1. The molecule has 2 aromatic rings. The van der Waals surface area contributed by atoms with Gasteiger partial charge in [0.25, 0.3) is 0 Å². The van der Waals surface area contributed by atoms with Crippen LogP contribution in [-0.2, 0) is 31.0 Å². The predicted molar refractivity (Wildman–Crippen MR) is 193 cm³/mol. The molecule has 1 aliphatic heterocycles. The topological polar surface area (TPSA) is 147 Å². The van der Waals surface area contributed by atoms with Gasteiger partial charge in [0.1, 0.15) is 29.5 Å². The molecule has 12 nitrogen and oxygen atoms in total. The van der Waals surface area contributed by atoms with Crippen LogP contribution in [0.3, 0.4) is 0 Å². The Kier molecular flexibility index (Phi) is 13.7. The van der Waals surface area contributed by atoms with Crippen molar-refractivity contribution in [2.24, 2.45) is 5.92 Å². The average molecular weight is 709 g/mol. The number of carbonyl (C=O) groups excluding carboxylic acids is 3. The van der Waals surface area contributed by atoms with Gasteiger partial charge in [0, 0.05) is 18.5 Å². The Morgan fingerprint density at radius 3 is 2.35 bits per heavy atom. The number of hydrogen-bond donors (Lipinski definition) is 3. The first-order valence-electron chi connectivity index (χ1n) is 18.0. The Morgan fingerprint density at radius 2 is 1.73 bits per heavy atom. The van der Waals surface area contributed by atoms with Crippen LogP contribution in [0.5, 0.6) is 5.75 Å². The SMILES string of the molecule is COC(=O)[C@H](CCCCNC(=O)[C@@H]1C[C@H](Oc2cccc(CC3CCC(c4ccccc4)(N(C)C)CC3)c2)CN1C(=O)O)NC(=O)OC(C)(C)C. The second-order valence-electron chi connectivity index (χ2n) is 15.0. The Balaban J connectivity index is 1.25. The number of esters is 1. The van der Waals surface area contributed by atoms with Gasteiger partial charge in [-0.3, -0.25) is 14.6 Å². The summed E-state index contributed by atoms with van der Waals surface area (Å²) in [5.41, 5.74) is 1.90. The fourth-order valence-electron chi connectivity index (χ4n) is 7.36. The van der Waals surface area contributed by atoms with Crippen molar-refractivity contribution in [3.63, 3.8) is 0 Å². The summed E-state index contributed by atoms with van der Waals surface area (Å²) in [6.07, 6.45) is 4.56. The van der Waals surface area contributed by atoms with Crippen molar-refractivity contribution in [1.29, 1.82) is 0 Å². The third-order valence-electron chi connectivity index (χ3n) is 10.0. The molecule has 0 aromatic heterocycles. The zero-order chi connectivity index (χ0) is 37.2. The molecule has 3 amide bonds. The summed E-state index contributed by atoms with van der Waals surface area (Å²) in [5, 5.41) is 15.2. The van der Waals surface area contributed by atoms with E-state index >= 15 is 0 Å². The Hall–Kier alpha value is -4.32. The molecule has 3 N–H and O–H groups in total. The molecule has 2 fully saturated rings. The molecule has 0 bridgehead atoms. The van der Waals surface area contributed by atoms with E-state index in [0.717, 1.165) is 37.0 Å². The summed E-state index contributed by atoms with van der Waals surface area (Å²) < 4.78 is 16.3. The first kappa shape index (κ1) is 39.5. The van der Waals surface area contributed by atoms with Crippen LogP contribution in [-0.4, -0.2) is 97.1 Å². The molecule has 1 heterocycles. The summed E-state index contributed by atoms with van der Waals surface area (Å²) in [4.78, 5) is 53.0. The van der Waals surface area contributed by atoms with Gasteiger partial charge in [-0.15, -0.1) is 0 Å². The number of rotatable bonds is 14. The monoisotopic (exact) mass is 708 g/mol. The Bertz CT molecular complexity index is 1470. The normalized spacial score (nSPS) is 22.6. The van der Waals surface area contributed by atoms with Crippen molar-refractivity contribution in [3.8, 4) is 5.75 Å². The minimum absolute atomic E-state index is 0.0539. The smallest absolute Gasteiger partial charge is 0.408 e. The van der Waals surface area contributed by atoms with E-state index in [0.29, 0.717) is 24.5 Å². The maximum Gasteiger partial charge on any atom is 0.408 e. The van der Waals surface area contributed by atoms with Crippen LogP contribution in [0.15, 0.2) is 54.6 Å². The first-order valence-corrected chi connectivity index (χ1v) is 18.0. The second-order valence-corrected chi connectivity index (χ2v) is 15.0. The number of benzene rings is 2. The zero-order valence-corrected chi connectivity index (χ0v) is 31.0. The van der Waals surface area contributed by atoms with Crippen molar-refractivity contribution in [2.75, 3.05) is 34.3 Å². The predicted octanol–water partition coefficient (Wildman–Crippen LogP) is 5.73. The molecule has 12 heteroatoms. The lowest BCUT2D eigenvalue weighted by Gasteiger charge is -2.45. The van der Waals surface area contributed by atoms with Gasteiger partial charge in [-0.25, -0.2) is 14.4 Å². The lowest BCUT2D eigenvalue weighted by Crippen LogP contribution is -2.45. The zero-order valence-electron chi connectivity index (χ0n) is 31.0. The van der Waals surface area contributed by atoms with E-state index in [1.807, 2.05) is 18.2 Å². The van der Waals surface area contributed by atoms with Crippen molar-refractivity contribution >= 4 is 24.1 Å². The number of unbranched alkanes of at least 4 members (excludes halogenated alkanes) is 1. The molecule has 280 valence electrons. The summed E-state index contributed by atoms with van der Waals surface area (Å²) in [5.74, 6) is 0.252. The number of ether oxygens (including phenoxy) is 3. The quantitative estimate of drug-likeness (QED) is 0.165. The number of carboxylic acid groups (broad SMARTS) is 1. The van der Waals surface area contributed by atoms with Crippen molar-refractivity contribution in [2.45, 2.75) is 108 Å². The Labute approximate surface area is 302 Å². The number of hydrogen-bond acceptors (Lipinski definition) is 8. The fraction of sp³-hybridized carbons (Fsp3) is 0.590. The highest BCUT2D eigenvalue weighted by atomic mass is 16.6. The van der Waals surface area contributed by atoms with Crippen LogP contribution in [0.25, 0.3) is 0 Å².